The van der Waals surface area contributed by atoms with E-state index in [-0.39, 0.29) is 0 Å². The molecule has 3 aromatic rings. The van der Waals surface area contributed by atoms with Crippen LogP contribution in [0, 0.1) is 0 Å². The van der Waals surface area contributed by atoms with Crippen LogP contribution in [0.1, 0.15) is 18.4 Å². The van der Waals surface area contributed by atoms with Gasteiger partial charge in [0.25, 0.3) is 0 Å². The molecule has 0 spiro atoms. The molecule has 0 bridgehead atoms. The molecular weight excluding hydrogens is 448 g/mol. The van der Waals surface area contributed by atoms with Crippen LogP contribution in [-0.2, 0) is 0 Å². The molecule has 0 fully saturated rings. The summed E-state index contributed by atoms with van der Waals surface area (Å²) in [6.45, 7) is 3.56. The Morgan fingerprint density at radius 3 is 2.17 bits per heavy atom. The average Bonchev–Trinajstić information content (AvgIpc) is 2.89. The second-order valence-corrected chi connectivity index (χ2v) is 9.18. The summed E-state index contributed by atoms with van der Waals surface area (Å²) in [5.74, 6) is 1.23. The van der Waals surface area contributed by atoms with Crippen LogP contribution in [0.3, 0.4) is 0 Å². The molecule has 36 heavy (non-hydrogen) atoms. The van der Waals surface area contributed by atoms with E-state index >= 15 is 0 Å². The Labute approximate surface area is 215 Å². The van der Waals surface area contributed by atoms with E-state index in [0.29, 0.717) is 11.7 Å². The zero-order chi connectivity index (χ0) is 25.8. The van der Waals surface area contributed by atoms with Gasteiger partial charge < -0.3 is 20.9 Å². The number of benzene rings is 2. The van der Waals surface area contributed by atoms with Crippen molar-refractivity contribution in [1.82, 2.24) is 19.8 Å². The van der Waals surface area contributed by atoms with E-state index in [4.69, 9.17) is 10.7 Å². The molecular formula is C28H38N8. The van der Waals surface area contributed by atoms with Crippen molar-refractivity contribution < 1.29 is 0 Å². The lowest BCUT2D eigenvalue weighted by Crippen LogP contribution is -2.16. The number of hydrogen-bond donors (Lipinski definition) is 2. The first-order valence-electron chi connectivity index (χ1n) is 12.3. The highest BCUT2D eigenvalue weighted by atomic mass is 15.1. The van der Waals surface area contributed by atoms with Crippen molar-refractivity contribution in [3.63, 3.8) is 0 Å². The number of anilines is 1. The molecule has 0 aliphatic rings. The molecule has 0 saturated carbocycles. The largest absolute Gasteiger partial charge is 0.384 e. The molecule has 0 radical (unpaired) electrons. The summed E-state index contributed by atoms with van der Waals surface area (Å²) >= 11 is 0. The zero-order valence-electron chi connectivity index (χ0n) is 21.9. The highest BCUT2D eigenvalue weighted by Gasteiger charge is 2.06. The number of amidine groups is 1. The summed E-state index contributed by atoms with van der Waals surface area (Å²) in [4.78, 5) is 22.4. The van der Waals surface area contributed by atoms with Gasteiger partial charge in [-0.2, -0.15) is 0 Å². The number of nitrogens with one attached hydrogen (secondary N) is 1. The van der Waals surface area contributed by atoms with Crippen molar-refractivity contribution >= 4 is 17.9 Å². The van der Waals surface area contributed by atoms with E-state index in [2.05, 4.69) is 58.3 Å². The number of hydrogen-bond acceptors (Lipinski definition) is 6. The first kappa shape index (κ1) is 27.0. The molecule has 3 N–H and O–H groups in total. The third-order valence-corrected chi connectivity index (χ3v) is 5.54. The third-order valence-electron chi connectivity index (χ3n) is 5.54. The SMILES string of the molecule is CN(C)CCCN=CNc1ccc(-c2ccnc(-c3ccc(C(N)=NCCCN(C)C)cc3)n2)cc1. The summed E-state index contributed by atoms with van der Waals surface area (Å²) < 4.78 is 0. The number of nitrogens with two attached hydrogens (primary N) is 1. The monoisotopic (exact) mass is 486 g/mol. The first-order valence-corrected chi connectivity index (χ1v) is 12.3. The lowest BCUT2D eigenvalue weighted by Gasteiger charge is -2.08. The minimum absolute atomic E-state index is 0.558. The molecule has 0 aliphatic heterocycles. The summed E-state index contributed by atoms with van der Waals surface area (Å²) in [7, 11) is 8.26. The Bertz CT molecular complexity index is 1120. The Kier molecular flexibility index (Phi) is 10.5. The van der Waals surface area contributed by atoms with Gasteiger partial charge in [0.2, 0.25) is 0 Å². The van der Waals surface area contributed by atoms with Crippen molar-refractivity contribution in [2.45, 2.75) is 12.8 Å². The Morgan fingerprint density at radius 1 is 0.861 bits per heavy atom. The average molecular weight is 487 g/mol. The van der Waals surface area contributed by atoms with Crippen LogP contribution in [-0.4, -0.2) is 86.3 Å². The smallest absolute Gasteiger partial charge is 0.159 e. The molecule has 0 amide bonds. The molecule has 190 valence electrons. The fraction of sp³-hybridized carbons (Fsp3) is 0.357. The maximum absolute atomic E-state index is 6.17. The van der Waals surface area contributed by atoms with Gasteiger partial charge in [-0.15, -0.1) is 0 Å². The standard InChI is InChI=1S/C28H38N8/c1-35(2)19-5-16-30-21-33-25-13-11-22(12-14-25)26-15-18-32-28(34-26)24-9-7-23(8-10-24)27(29)31-17-6-20-36(3)4/h7-15,18,21H,5-6,16-17,19-20H2,1-4H3,(H2,29,31)(H,30,33). The van der Waals surface area contributed by atoms with Crippen LogP contribution >= 0.6 is 0 Å². The zero-order valence-corrected chi connectivity index (χ0v) is 21.9. The van der Waals surface area contributed by atoms with Crippen LogP contribution in [0.4, 0.5) is 5.69 Å². The molecule has 3 rings (SSSR count). The highest BCUT2D eigenvalue weighted by Crippen LogP contribution is 2.22. The van der Waals surface area contributed by atoms with Crippen molar-refractivity contribution in [1.29, 1.82) is 0 Å². The van der Waals surface area contributed by atoms with E-state index in [1.165, 1.54) is 0 Å². The predicted octanol–water partition coefficient (Wildman–Crippen LogP) is 3.86. The number of nitrogens with zero attached hydrogens (tertiary/aromatic N) is 6. The minimum Gasteiger partial charge on any atom is -0.384 e. The van der Waals surface area contributed by atoms with Crippen molar-refractivity contribution in [2.75, 3.05) is 59.7 Å². The van der Waals surface area contributed by atoms with Gasteiger partial charge in [-0.3, -0.25) is 9.98 Å². The Balaban J connectivity index is 1.60. The summed E-state index contributed by atoms with van der Waals surface area (Å²) in [5.41, 5.74) is 10.9. The van der Waals surface area contributed by atoms with E-state index in [1.807, 2.05) is 54.6 Å². The number of aromatic nitrogens is 2. The van der Waals surface area contributed by atoms with Gasteiger partial charge in [-0.05, 0) is 72.3 Å². The molecule has 0 aliphatic carbocycles. The van der Waals surface area contributed by atoms with E-state index < -0.39 is 0 Å². The van der Waals surface area contributed by atoms with Gasteiger partial charge >= 0.3 is 0 Å². The van der Waals surface area contributed by atoms with Gasteiger partial charge in [0.15, 0.2) is 5.82 Å². The van der Waals surface area contributed by atoms with Gasteiger partial charge in [-0.1, -0.05) is 36.4 Å². The molecule has 2 aromatic carbocycles. The van der Waals surface area contributed by atoms with Gasteiger partial charge in [0, 0.05) is 41.7 Å². The maximum atomic E-state index is 6.17. The van der Waals surface area contributed by atoms with Crippen LogP contribution in [0.5, 0.6) is 0 Å². The normalized spacial score (nSPS) is 12.1. The maximum Gasteiger partial charge on any atom is 0.159 e. The minimum atomic E-state index is 0.558. The summed E-state index contributed by atoms with van der Waals surface area (Å²) in [6.07, 6.45) is 5.58. The summed E-state index contributed by atoms with van der Waals surface area (Å²) in [5, 5.41) is 3.22. The van der Waals surface area contributed by atoms with Crippen molar-refractivity contribution in [2.24, 2.45) is 15.7 Å². The molecule has 0 unspecified atom stereocenters. The lowest BCUT2D eigenvalue weighted by molar-refractivity contribution is 0.403. The van der Waals surface area contributed by atoms with Gasteiger partial charge in [0.1, 0.15) is 5.84 Å². The Morgan fingerprint density at radius 2 is 1.50 bits per heavy atom. The van der Waals surface area contributed by atoms with E-state index in [0.717, 1.165) is 67.1 Å². The molecule has 8 heteroatoms. The van der Waals surface area contributed by atoms with Crippen LogP contribution in [0.15, 0.2) is 70.8 Å². The van der Waals surface area contributed by atoms with E-state index in [9.17, 15) is 0 Å². The van der Waals surface area contributed by atoms with Crippen molar-refractivity contribution in [3.05, 3.63) is 66.4 Å². The lowest BCUT2D eigenvalue weighted by atomic mass is 10.1. The van der Waals surface area contributed by atoms with E-state index in [1.54, 1.807) is 12.5 Å². The topological polar surface area (TPSA) is 95.0 Å². The fourth-order valence-corrected chi connectivity index (χ4v) is 3.53. The molecule has 0 atom stereocenters. The molecule has 8 nitrogen and oxygen atoms in total. The molecule has 0 saturated heterocycles. The quantitative estimate of drug-likeness (QED) is 0.216. The predicted molar refractivity (Wildman–Crippen MR) is 152 cm³/mol. The first-order chi connectivity index (χ1) is 17.4. The third kappa shape index (κ3) is 8.87. The second kappa shape index (κ2) is 14.1. The second-order valence-electron chi connectivity index (χ2n) is 9.18. The molecule has 1 heterocycles. The molecule has 1 aromatic heterocycles. The fourth-order valence-electron chi connectivity index (χ4n) is 3.53. The number of aliphatic imine (C=N–C) groups is 2. The van der Waals surface area contributed by atoms with Gasteiger partial charge in [-0.25, -0.2) is 9.97 Å². The highest BCUT2D eigenvalue weighted by molar-refractivity contribution is 5.97. The Hall–Kier alpha value is -3.62. The van der Waals surface area contributed by atoms with Gasteiger partial charge in [0.05, 0.1) is 12.0 Å². The van der Waals surface area contributed by atoms with Crippen LogP contribution in [0.2, 0.25) is 0 Å². The van der Waals surface area contributed by atoms with Crippen LogP contribution < -0.4 is 11.1 Å². The van der Waals surface area contributed by atoms with Crippen LogP contribution in [0.25, 0.3) is 22.6 Å². The number of rotatable bonds is 13. The van der Waals surface area contributed by atoms with Crippen molar-refractivity contribution in [3.8, 4) is 22.6 Å². The summed E-state index contributed by atoms with van der Waals surface area (Å²) in [6, 6.07) is 18.0.